The number of hydrogen-bond donors (Lipinski definition) is 0. The maximum atomic E-state index is 11.7. The number of ether oxygens (including phenoxy) is 1. The number of nitrogens with zero attached hydrogens (tertiary/aromatic N) is 1. The van der Waals surface area contributed by atoms with Gasteiger partial charge in [-0.2, -0.15) is 5.06 Å². The molecule has 0 aromatic carbocycles. The van der Waals surface area contributed by atoms with Crippen LogP contribution in [0.4, 0.5) is 4.79 Å². The van der Waals surface area contributed by atoms with Crippen LogP contribution < -0.4 is 0 Å². The Labute approximate surface area is 92.5 Å². The Hall–Kier alpha value is -0.770. The third-order valence-electron chi connectivity index (χ3n) is 1.36. The van der Waals surface area contributed by atoms with Gasteiger partial charge in [-0.05, 0) is 41.0 Å². The van der Waals surface area contributed by atoms with E-state index >= 15 is 0 Å². The van der Waals surface area contributed by atoms with E-state index in [1.807, 2.05) is 41.5 Å². The number of carbonyl (C=O) groups excluding carboxylic acids is 1. The molecule has 0 fully saturated rings. The highest BCUT2D eigenvalue weighted by molar-refractivity contribution is 5.66. The lowest BCUT2D eigenvalue weighted by molar-refractivity contribution is -0.172. The van der Waals surface area contributed by atoms with Gasteiger partial charge in [0, 0.05) is 0 Å². The van der Waals surface area contributed by atoms with E-state index in [1.165, 1.54) is 5.06 Å². The van der Waals surface area contributed by atoms with Crippen LogP contribution in [0.5, 0.6) is 0 Å². The van der Waals surface area contributed by atoms with Crippen molar-refractivity contribution in [3.8, 4) is 0 Å². The molecule has 90 valence electrons. The molecule has 0 aliphatic carbocycles. The van der Waals surface area contributed by atoms with Gasteiger partial charge < -0.3 is 4.74 Å². The van der Waals surface area contributed by atoms with Crippen molar-refractivity contribution >= 4 is 6.09 Å². The van der Waals surface area contributed by atoms with Crippen LogP contribution in [0.15, 0.2) is 0 Å². The molecule has 15 heavy (non-hydrogen) atoms. The molecule has 0 aromatic rings. The second-order valence-corrected chi connectivity index (χ2v) is 4.74. The quantitative estimate of drug-likeness (QED) is 0.679. The molecule has 0 heterocycles. The average Bonchev–Trinajstić information content (AvgIpc) is 1.99. The molecule has 4 nitrogen and oxygen atoms in total. The van der Waals surface area contributed by atoms with Gasteiger partial charge in [-0.15, -0.1) is 0 Å². The lowest BCUT2D eigenvalue weighted by Gasteiger charge is -2.27. The van der Waals surface area contributed by atoms with Crippen molar-refractivity contribution < 1.29 is 14.4 Å². The van der Waals surface area contributed by atoms with E-state index in [4.69, 9.17) is 9.57 Å². The lowest BCUT2D eigenvalue weighted by atomic mass is 10.2. The Kier molecular flexibility index (Phi) is 5.65. The second-order valence-electron chi connectivity index (χ2n) is 4.74. The Balaban J connectivity index is 4.28. The largest absolute Gasteiger partial charge is 0.442 e. The smallest absolute Gasteiger partial charge is 0.434 e. The van der Waals surface area contributed by atoms with Crippen molar-refractivity contribution in [1.29, 1.82) is 0 Å². The van der Waals surface area contributed by atoms with Gasteiger partial charge >= 0.3 is 6.09 Å². The van der Waals surface area contributed by atoms with E-state index in [0.29, 0.717) is 6.54 Å². The molecule has 0 radical (unpaired) electrons. The van der Waals surface area contributed by atoms with E-state index in [-0.39, 0.29) is 6.10 Å². The summed E-state index contributed by atoms with van der Waals surface area (Å²) in [7, 11) is 0. The predicted octanol–water partition coefficient (Wildman–Crippen LogP) is 2.97. The van der Waals surface area contributed by atoms with E-state index in [1.54, 1.807) is 0 Å². The minimum atomic E-state index is -0.483. The summed E-state index contributed by atoms with van der Waals surface area (Å²) in [5.74, 6) is 0. The average molecular weight is 217 g/mol. The zero-order valence-electron chi connectivity index (χ0n) is 10.7. The first kappa shape index (κ1) is 14.2. The zero-order chi connectivity index (χ0) is 12.1. The highest BCUT2D eigenvalue weighted by atomic mass is 16.7. The standard InChI is InChI=1S/C11H23NO3/c1-7-8-12(15-9(2)3)10(13)14-11(4,5)6/h9H,7-8H2,1-6H3. The molecule has 0 unspecified atom stereocenters. The molecule has 0 N–H and O–H groups in total. The first-order chi connectivity index (χ1) is 6.76. The van der Waals surface area contributed by atoms with E-state index < -0.39 is 11.7 Å². The van der Waals surface area contributed by atoms with Crippen molar-refractivity contribution in [3.05, 3.63) is 0 Å². The molecule has 0 bridgehead atoms. The van der Waals surface area contributed by atoms with Crippen LogP contribution in [0.3, 0.4) is 0 Å². The van der Waals surface area contributed by atoms with Crippen LogP contribution >= 0.6 is 0 Å². The van der Waals surface area contributed by atoms with Gasteiger partial charge in [0.15, 0.2) is 0 Å². The lowest BCUT2D eigenvalue weighted by Crippen LogP contribution is -2.38. The van der Waals surface area contributed by atoms with E-state index in [9.17, 15) is 4.79 Å². The normalized spacial score (nSPS) is 11.7. The Morgan fingerprint density at radius 1 is 1.33 bits per heavy atom. The van der Waals surface area contributed by atoms with Crippen LogP contribution in [-0.2, 0) is 9.57 Å². The predicted molar refractivity (Wildman–Crippen MR) is 59.5 cm³/mol. The molecule has 0 rings (SSSR count). The molecule has 0 saturated carbocycles. The van der Waals surface area contributed by atoms with Gasteiger partial charge in [0.1, 0.15) is 5.60 Å². The zero-order valence-corrected chi connectivity index (χ0v) is 10.7. The summed E-state index contributed by atoms with van der Waals surface area (Å²) in [4.78, 5) is 17.0. The minimum absolute atomic E-state index is 0.0240. The first-order valence-corrected chi connectivity index (χ1v) is 5.43. The Morgan fingerprint density at radius 2 is 1.87 bits per heavy atom. The molecule has 0 spiro atoms. The molecular weight excluding hydrogens is 194 g/mol. The third-order valence-corrected chi connectivity index (χ3v) is 1.36. The number of carbonyl (C=O) groups is 1. The topological polar surface area (TPSA) is 38.8 Å². The summed E-state index contributed by atoms with van der Waals surface area (Å²) in [6, 6.07) is 0. The van der Waals surface area contributed by atoms with Crippen molar-refractivity contribution in [3.63, 3.8) is 0 Å². The van der Waals surface area contributed by atoms with Gasteiger partial charge in [0.05, 0.1) is 12.6 Å². The summed E-state index contributed by atoms with van der Waals surface area (Å²) in [6.07, 6.45) is 0.397. The van der Waals surface area contributed by atoms with Crippen LogP contribution in [0.25, 0.3) is 0 Å². The molecule has 0 aliphatic rings. The fourth-order valence-corrected chi connectivity index (χ4v) is 0.957. The summed E-state index contributed by atoms with van der Waals surface area (Å²) < 4.78 is 5.22. The van der Waals surface area contributed by atoms with Crippen molar-refractivity contribution in [2.24, 2.45) is 0 Å². The molecule has 0 aliphatic heterocycles. The molecule has 0 saturated heterocycles. The summed E-state index contributed by atoms with van der Waals surface area (Å²) >= 11 is 0. The van der Waals surface area contributed by atoms with Gasteiger partial charge in [-0.3, -0.25) is 4.84 Å². The van der Waals surface area contributed by atoms with Crippen molar-refractivity contribution in [2.75, 3.05) is 6.54 Å². The summed E-state index contributed by atoms with van der Waals surface area (Å²) in [5.41, 5.74) is -0.483. The molecule has 4 heteroatoms. The van der Waals surface area contributed by atoms with Crippen LogP contribution in [0.1, 0.15) is 48.0 Å². The van der Waals surface area contributed by atoms with Gasteiger partial charge in [0.25, 0.3) is 0 Å². The maximum Gasteiger partial charge on any atom is 0.434 e. The van der Waals surface area contributed by atoms with Crippen molar-refractivity contribution in [1.82, 2.24) is 5.06 Å². The van der Waals surface area contributed by atoms with Crippen molar-refractivity contribution in [2.45, 2.75) is 59.7 Å². The van der Waals surface area contributed by atoms with E-state index in [0.717, 1.165) is 6.42 Å². The maximum absolute atomic E-state index is 11.7. The third kappa shape index (κ3) is 7.19. The number of rotatable bonds is 4. The van der Waals surface area contributed by atoms with Gasteiger partial charge in [0.2, 0.25) is 0 Å². The molecule has 0 aromatic heterocycles. The monoisotopic (exact) mass is 217 g/mol. The molecule has 1 amide bonds. The Morgan fingerprint density at radius 3 is 2.20 bits per heavy atom. The van der Waals surface area contributed by atoms with Crippen LogP contribution in [0.2, 0.25) is 0 Å². The van der Waals surface area contributed by atoms with Crippen LogP contribution in [-0.4, -0.2) is 29.4 Å². The van der Waals surface area contributed by atoms with Gasteiger partial charge in [-0.1, -0.05) is 6.92 Å². The molecular formula is C11H23NO3. The van der Waals surface area contributed by atoms with Crippen LogP contribution in [0, 0.1) is 0 Å². The molecule has 0 atom stereocenters. The Bertz CT molecular complexity index is 196. The summed E-state index contributed by atoms with van der Waals surface area (Å²) in [6.45, 7) is 11.8. The fraction of sp³-hybridized carbons (Fsp3) is 0.909. The number of hydrogen-bond acceptors (Lipinski definition) is 3. The highest BCUT2D eigenvalue weighted by Crippen LogP contribution is 2.11. The number of amides is 1. The SMILES string of the molecule is CCCN(OC(C)C)C(=O)OC(C)(C)C. The minimum Gasteiger partial charge on any atom is -0.442 e. The summed E-state index contributed by atoms with van der Waals surface area (Å²) in [5, 5.41) is 1.29. The first-order valence-electron chi connectivity index (χ1n) is 5.43. The van der Waals surface area contributed by atoms with E-state index in [2.05, 4.69) is 0 Å². The van der Waals surface area contributed by atoms with Gasteiger partial charge in [-0.25, -0.2) is 4.79 Å². The fourth-order valence-electron chi connectivity index (χ4n) is 0.957. The second kappa shape index (κ2) is 5.95. The number of hydroxylamine groups is 2. The highest BCUT2D eigenvalue weighted by Gasteiger charge is 2.22.